The highest BCUT2D eigenvalue weighted by Crippen LogP contribution is 2.34. The summed E-state index contributed by atoms with van der Waals surface area (Å²) in [7, 11) is 0. The Labute approximate surface area is 220 Å². The number of nitrogens with zero attached hydrogens (tertiary/aromatic N) is 3. The van der Waals surface area contributed by atoms with Gasteiger partial charge in [0.25, 0.3) is 0 Å². The van der Waals surface area contributed by atoms with Crippen molar-refractivity contribution < 1.29 is 4.39 Å². The molecule has 7 heteroatoms. The number of rotatable bonds is 8. The molecule has 38 heavy (non-hydrogen) atoms. The van der Waals surface area contributed by atoms with Gasteiger partial charge in [-0.1, -0.05) is 56.0 Å². The van der Waals surface area contributed by atoms with E-state index in [1.807, 2.05) is 31.2 Å². The molecule has 0 bridgehead atoms. The van der Waals surface area contributed by atoms with E-state index in [0.29, 0.717) is 33.9 Å². The second-order valence-electron chi connectivity index (χ2n) is 9.69. The molecular weight excluding hydrogens is 475 g/mol. The SMILES string of the molecule is C=C/C(=C\C(=C/C)c1ncc2[nH]nc(-c3nc4c(C5=CCC=C5)cccc4[nH]3)c2c1F)NC(=C)C1CCC1. The van der Waals surface area contributed by atoms with E-state index < -0.39 is 5.82 Å². The first kappa shape index (κ1) is 23.9. The molecule has 190 valence electrons. The molecule has 3 heterocycles. The fourth-order valence-corrected chi connectivity index (χ4v) is 5.03. The van der Waals surface area contributed by atoms with Crippen LogP contribution in [-0.2, 0) is 0 Å². The summed E-state index contributed by atoms with van der Waals surface area (Å²) in [5, 5.41) is 11.0. The highest BCUT2D eigenvalue weighted by atomic mass is 19.1. The lowest BCUT2D eigenvalue weighted by Crippen LogP contribution is -2.23. The first-order valence-electron chi connectivity index (χ1n) is 12.9. The number of nitrogens with one attached hydrogen (secondary N) is 3. The van der Waals surface area contributed by atoms with Crippen LogP contribution in [0.15, 0.2) is 85.4 Å². The minimum Gasteiger partial charge on any atom is -0.359 e. The number of allylic oxidation sites excluding steroid dienone is 9. The van der Waals surface area contributed by atoms with Gasteiger partial charge in [0.2, 0.25) is 0 Å². The third-order valence-corrected chi connectivity index (χ3v) is 7.38. The molecule has 0 spiro atoms. The molecular formula is C31H29FN6. The molecule has 3 N–H and O–H groups in total. The normalized spacial score (nSPS) is 16.2. The summed E-state index contributed by atoms with van der Waals surface area (Å²) >= 11 is 0. The van der Waals surface area contributed by atoms with Crippen LogP contribution >= 0.6 is 0 Å². The van der Waals surface area contributed by atoms with Crippen molar-refractivity contribution in [2.75, 3.05) is 0 Å². The average molecular weight is 505 g/mol. The third-order valence-electron chi connectivity index (χ3n) is 7.38. The Morgan fingerprint density at radius 1 is 1.24 bits per heavy atom. The Morgan fingerprint density at radius 2 is 2.11 bits per heavy atom. The van der Waals surface area contributed by atoms with Crippen LogP contribution in [0.25, 0.3) is 44.6 Å². The minimum absolute atomic E-state index is 0.233. The van der Waals surface area contributed by atoms with Crippen LogP contribution in [0.2, 0.25) is 0 Å². The zero-order chi connectivity index (χ0) is 26.2. The van der Waals surface area contributed by atoms with E-state index in [1.165, 1.54) is 6.42 Å². The molecule has 2 aliphatic rings. The van der Waals surface area contributed by atoms with E-state index in [-0.39, 0.29) is 5.69 Å². The Balaban J connectivity index is 1.40. The highest BCUT2D eigenvalue weighted by molar-refractivity contribution is 5.98. The lowest BCUT2D eigenvalue weighted by molar-refractivity contribution is 0.356. The smallest absolute Gasteiger partial charge is 0.161 e. The van der Waals surface area contributed by atoms with Crippen molar-refractivity contribution in [1.82, 2.24) is 30.5 Å². The Morgan fingerprint density at radius 3 is 2.82 bits per heavy atom. The van der Waals surface area contributed by atoms with Gasteiger partial charge in [0.15, 0.2) is 11.6 Å². The van der Waals surface area contributed by atoms with Gasteiger partial charge in [-0.25, -0.2) is 9.37 Å². The van der Waals surface area contributed by atoms with Crippen LogP contribution < -0.4 is 5.32 Å². The Bertz CT molecular complexity index is 1710. The number of aromatic amines is 2. The molecule has 0 atom stereocenters. The number of hydrogen-bond acceptors (Lipinski definition) is 4. The van der Waals surface area contributed by atoms with Gasteiger partial charge in [-0.3, -0.25) is 10.1 Å². The molecule has 3 aromatic heterocycles. The highest BCUT2D eigenvalue weighted by Gasteiger charge is 2.23. The summed E-state index contributed by atoms with van der Waals surface area (Å²) in [6.07, 6.45) is 17.8. The lowest BCUT2D eigenvalue weighted by atomic mass is 9.83. The number of H-pyrrole nitrogens is 2. The molecule has 0 saturated heterocycles. The zero-order valence-corrected chi connectivity index (χ0v) is 21.3. The van der Waals surface area contributed by atoms with Crippen molar-refractivity contribution >= 4 is 33.1 Å². The number of para-hydroxylation sites is 1. The number of imidazole rings is 1. The van der Waals surface area contributed by atoms with Crippen molar-refractivity contribution in [3.05, 3.63) is 102 Å². The molecule has 6 nitrogen and oxygen atoms in total. The Kier molecular flexibility index (Phi) is 6.12. The summed E-state index contributed by atoms with van der Waals surface area (Å²) in [4.78, 5) is 12.6. The van der Waals surface area contributed by atoms with E-state index >= 15 is 4.39 Å². The third kappa shape index (κ3) is 4.10. The number of pyridine rings is 1. The molecule has 0 unspecified atom stereocenters. The fraction of sp³-hybridized carbons (Fsp3) is 0.194. The fourth-order valence-electron chi connectivity index (χ4n) is 5.03. The molecule has 1 fully saturated rings. The van der Waals surface area contributed by atoms with Crippen molar-refractivity contribution in [2.24, 2.45) is 5.92 Å². The summed E-state index contributed by atoms with van der Waals surface area (Å²) < 4.78 is 16.2. The number of hydrogen-bond donors (Lipinski definition) is 3. The summed E-state index contributed by atoms with van der Waals surface area (Å²) in [6, 6.07) is 6.01. The van der Waals surface area contributed by atoms with Gasteiger partial charge in [-0.2, -0.15) is 5.10 Å². The summed E-state index contributed by atoms with van der Waals surface area (Å²) in [5.41, 5.74) is 7.37. The maximum absolute atomic E-state index is 16.2. The predicted octanol–water partition coefficient (Wildman–Crippen LogP) is 7.36. The van der Waals surface area contributed by atoms with Crippen molar-refractivity contribution in [3.63, 3.8) is 0 Å². The average Bonchev–Trinajstić information content (AvgIpc) is 3.65. The van der Waals surface area contributed by atoms with Gasteiger partial charge in [0.1, 0.15) is 11.4 Å². The van der Waals surface area contributed by atoms with Crippen LogP contribution in [0.3, 0.4) is 0 Å². The van der Waals surface area contributed by atoms with Crippen LogP contribution in [-0.4, -0.2) is 25.1 Å². The standard InChI is InChI=1S/C31H29FN6/c1-4-19(16-22(5-2)34-18(3)20-12-8-13-20)28-27(32)26-25(17-33-28)37-38-30(26)31-35-24-15-9-14-23(29(24)36-31)21-10-6-7-11-21/h4-6,9-11,14-17,20,34H,2-3,7-8,12-13H2,1H3,(H,35,36)(H,37,38)/b19-4+,22-16+. The van der Waals surface area contributed by atoms with Crippen LogP contribution in [0.1, 0.15) is 43.9 Å². The number of fused-ring (bicyclic) bond motifs is 2. The molecule has 4 aromatic rings. The minimum atomic E-state index is -0.459. The molecule has 1 aromatic carbocycles. The first-order chi connectivity index (χ1) is 18.6. The zero-order valence-electron chi connectivity index (χ0n) is 21.3. The van der Waals surface area contributed by atoms with Crippen LogP contribution in [0, 0.1) is 11.7 Å². The summed E-state index contributed by atoms with van der Waals surface area (Å²) in [5.74, 6) is 0.511. The number of aromatic nitrogens is 5. The van der Waals surface area contributed by atoms with Crippen molar-refractivity contribution in [1.29, 1.82) is 0 Å². The molecule has 1 saturated carbocycles. The lowest BCUT2D eigenvalue weighted by Gasteiger charge is -2.28. The van der Waals surface area contributed by atoms with Gasteiger partial charge in [0, 0.05) is 22.5 Å². The van der Waals surface area contributed by atoms with Crippen LogP contribution in [0.5, 0.6) is 0 Å². The molecule has 0 radical (unpaired) electrons. The molecule has 0 amide bonds. The van der Waals surface area contributed by atoms with E-state index in [2.05, 4.69) is 62.9 Å². The topological polar surface area (TPSA) is 82.3 Å². The first-order valence-corrected chi connectivity index (χ1v) is 12.9. The van der Waals surface area contributed by atoms with Gasteiger partial charge < -0.3 is 10.3 Å². The van der Waals surface area contributed by atoms with Crippen molar-refractivity contribution in [3.8, 4) is 11.5 Å². The largest absolute Gasteiger partial charge is 0.359 e. The van der Waals surface area contributed by atoms with Crippen LogP contribution in [0.4, 0.5) is 4.39 Å². The summed E-state index contributed by atoms with van der Waals surface area (Å²) in [6.45, 7) is 9.96. The Hall–Kier alpha value is -4.52. The van der Waals surface area contributed by atoms with E-state index in [9.17, 15) is 0 Å². The number of benzene rings is 1. The monoisotopic (exact) mass is 504 g/mol. The maximum atomic E-state index is 16.2. The second-order valence-corrected chi connectivity index (χ2v) is 9.69. The van der Waals surface area contributed by atoms with Gasteiger partial charge in [-0.15, -0.1) is 0 Å². The van der Waals surface area contributed by atoms with Gasteiger partial charge >= 0.3 is 0 Å². The van der Waals surface area contributed by atoms with Gasteiger partial charge in [0.05, 0.1) is 28.1 Å². The molecule has 2 aliphatic carbocycles. The van der Waals surface area contributed by atoms with Gasteiger partial charge in [-0.05, 0) is 55.9 Å². The van der Waals surface area contributed by atoms with E-state index in [4.69, 9.17) is 4.98 Å². The molecule has 0 aliphatic heterocycles. The molecule has 6 rings (SSSR count). The predicted molar refractivity (Wildman–Crippen MR) is 152 cm³/mol. The van der Waals surface area contributed by atoms with E-state index in [0.717, 1.165) is 52.8 Å². The van der Waals surface area contributed by atoms with Crippen molar-refractivity contribution in [2.45, 2.75) is 32.6 Å². The quantitative estimate of drug-likeness (QED) is 0.219. The maximum Gasteiger partial charge on any atom is 0.161 e. The second kappa shape index (κ2) is 9.74. The van der Waals surface area contributed by atoms with E-state index in [1.54, 1.807) is 12.3 Å². The number of halogens is 1.